The van der Waals surface area contributed by atoms with Gasteiger partial charge >= 0.3 is 0 Å². The van der Waals surface area contributed by atoms with Crippen LogP contribution in [0.5, 0.6) is 0 Å². The molecule has 0 unspecified atom stereocenters. The highest BCUT2D eigenvalue weighted by molar-refractivity contribution is 7.94. The first-order valence-electron chi connectivity index (χ1n) is 6.11. The molecule has 0 aliphatic rings. The third kappa shape index (κ3) is 2.01. The average molecular weight is 306 g/mol. The number of sulfonamides is 1. The van der Waals surface area contributed by atoms with E-state index in [4.69, 9.17) is 0 Å². The van der Waals surface area contributed by atoms with Crippen molar-refractivity contribution in [3.8, 4) is 0 Å². The summed E-state index contributed by atoms with van der Waals surface area (Å²) in [7, 11) is -1.92. The summed E-state index contributed by atoms with van der Waals surface area (Å²) in [5, 5.41) is 2.77. The smallest absolute Gasteiger partial charge is 0.273 e. The second kappa shape index (κ2) is 4.64. The average Bonchev–Trinajstić information content (AvgIpc) is 3.05. The lowest BCUT2D eigenvalue weighted by molar-refractivity contribution is 0.596. The maximum absolute atomic E-state index is 12.6. The molecule has 0 saturated carbocycles. The molecule has 0 aliphatic heterocycles. The van der Waals surface area contributed by atoms with Crippen molar-refractivity contribution in [3.63, 3.8) is 0 Å². The summed E-state index contributed by atoms with van der Waals surface area (Å²) in [5.41, 5.74) is 2.51. The molecular weight excluding hydrogens is 292 g/mol. The van der Waals surface area contributed by atoms with E-state index in [1.165, 1.54) is 15.6 Å². The largest absolute Gasteiger partial charge is 0.357 e. The molecule has 6 heteroatoms. The van der Waals surface area contributed by atoms with Gasteiger partial charge in [0.15, 0.2) is 0 Å². The lowest BCUT2D eigenvalue weighted by Crippen LogP contribution is -2.26. The SMILES string of the molecule is Cc1cc2cccc(N(C)S(=O)(=O)c3cccs3)c2[nH]1. The molecule has 0 aliphatic carbocycles. The van der Waals surface area contributed by atoms with Gasteiger partial charge in [0.25, 0.3) is 10.0 Å². The van der Waals surface area contributed by atoms with Gasteiger partial charge in [-0.15, -0.1) is 11.3 Å². The number of nitrogens with zero attached hydrogens (tertiary/aromatic N) is 1. The van der Waals surface area contributed by atoms with E-state index in [0.29, 0.717) is 9.90 Å². The first kappa shape index (κ1) is 13.2. The molecule has 0 fully saturated rings. The Morgan fingerprint density at radius 2 is 2.00 bits per heavy atom. The number of hydrogen-bond donors (Lipinski definition) is 1. The van der Waals surface area contributed by atoms with E-state index in [1.807, 2.05) is 31.2 Å². The summed E-state index contributed by atoms with van der Waals surface area (Å²) in [6.45, 7) is 1.96. The standard InChI is InChI=1S/C14H14N2O2S2/c1-10-9-11-5-3-6-12(14(11)15-10)16(2)20(17,18)13-7-4-8-19-13/h3-9,15H,1-2H3. The maximum atomic E-state index is 12.6. The molecule has 20 heavy (non-hydrogen) atoms. The number of aromatic amines is 1. The van der Waals surface area contributed by atoms with Gasteiger partial charge in [0, 0.05) is 18.1 Å². The topological polar surface area (TPSA) is 53.2 Å². The van der Waals surface area contributed by atoms with Crippen LogP contribution in [0.3, 0.4) is 0 Å². The zero-order chi connectivity index (χ0) is 14.3. The molecule has 3 aromatic rings. The second-order valence-electron chi connectivity index (χ2n) is 4.60. The van der Waals surface area contributed by atoms with Crippen molar-refractivity contribution in [1.29, 1.82) is 0 Å². The molecule has 4 nitrogen and oxygen atoms in total. The Hall–Kier alpha value is -1.79. The number of thiophene rings is 1. The van der Waals surface area contributed by atoms with Crippen molar-refractivity contribution >= 4 is 38.0 Å². The summed E-state index contributed by atoms with van der Waals surface area (Å²) in [6.07, 6.45) is 0. The Balaban J connectivity index is 2.16. The van der Waals surface area contributed by atoms with Crippen molar-refractivity contribution in [3.05, 3.63) is 47.5 Å². The van der Waals surface area contributed by atoms with Crippen LogP contribution in [0.15, 0.2) is 46.0 Å². The predicted molar refractivity (Wildman–Crippen MR) is 82.9 cm³/mol. The summed E-state index contributed by atoms with van der Waals surface area (Å²) < 4.78 is 26.8. The van der Waals surface area contributed by atoms with E-state index in [2.05, 4.69) is 4.98 Å². The van der Waals surface area contributed by atoms with Crippen LogP contribution >= 0.6 is 11.3 Å². The van der Waals surface area contributed by atoms with Gasteiger partial charge in [-0.3, -0.25) is 4.31 Å². The molecule has 2 heterocycles. The number of anilines is 1. The monoisotopic (exact) mass is 306 g/mol. The molecule has 3 rings (SSSR count). The van der Waals surface area contributed by atoms with Gasteiger partial charge in [-0.25, -0.2) is 8.42 Å². The molecule has 104 valence electrons. The van der Waals surface area contributed by atoms with Crippen LogP contribution in [0, 0.1) is 6.92 Å². The minimum Gasteiger partial charge on any atom is -0.357 e. The highest BCUT2D eigenvalue weighted by Crippen LogP contribution is 2.30. The second-order valence-corrected chi connectivity index (χ2v) is 7.74. The summed E-state index contributed by atoms with van der Waals surface area (Å²) in [5.74, 6) is 0. The summed E-state index contributed by atoms with van der Waals surface area (Å²) in [4.78, 5) is 3.22. The fourth-order valence-electron chi connectivity index (χ4n) is 2.22. The first-order valence-corrected chi connectivity index (χ1v) is 8.43. The van der Waals surface area contributed by atoms with E-state index >= 15 is 0 Å². The van der Waals surface area contributed by atoms with Gasteiger partial charge in [-0.1, -0.05) is 18.2 Å². The predicted octanol–water partition coefficient (Wildman–Crippen LogP) is 3.36. The van der Waals surface area contributed by atoms with E-state index in [0.717, 1.165) is 16.6 Å². The Morgan fingerprint density at radius 1 is 1.20 bits per heavy atom. The zero-order valence-electron chi connectivity index (χ0n) is 11.1. The van der Waals surface area contributed by atoms with Crippen LogP contribution in [0.2, 0.25) is 0 Å². The first-order chi connectivity index (χ1) is 9.50. The lowest BCUT2D eigenvalue weighted by Gasteiger charge is -2.19. The van der Waals surface area contributed by atoms with Gasteiger partial charge < -0.3 is 4.98 Å². The maximum Gasteiger partial charge on any atom is 0.273 e. The number of fused-ring (bicyclic) bond motifs is 1. The lowest BCUT2D eigenvalue weighted by atomic mass is 10.2. The van der Waals surface area contributed by atoms with E-state index in [-0.39, 0.29) is 0 Å². The van der Waals surface area contributed by atoms with E-state index in [9.17, 15) is 8.42 Å². The number of para-hydroxylation sites is 1. The molecule has 0 atom stereocenters. The van der Waals surface area contributed by atoms with Crippen LogP contribution in [-0.4, -0.2) is 20.4 Å². The minimum absolute atomic E-state index is 0.347. The molecule has 0 spiro atoms. The number of aryl methyl sites for hydroxylation is 1. The number of H-pyrrole nitrogens is 1. The Labute approximate surface area is 121 Å². The van der Waals surface area contributed by atoms with Gasteiger partial charge in [-0.05, 0) is 30.5 Å². The van der Waals surface area contributed by atoms with Crippen molar-refractivity contribution in [2.24, 2.45) is 0 Å². The Bertz CT molecular complexity index is 849. The Kier molecular flexibility index (Phi) is 3.07. The highest BCUT2D eigenvalue weighted by Gasteiger charge is 2.23. The van der Waals surface area contributed by atoms with E-state index in [1.54, 1.807) is 24.6 Å². The van der Waals surface area contributed by atoms with Crippen molar-refractivity contribution in [2.45, 2.75) is 11.1 Å². The summed E-state index contributed by atoms with van der Waals surface area (Å²) >= 11 is 1.22. The van der Waals surface area contributed by atoms with Crippen LogP contribution in [0.25, 0.3) is 10.9 Å². The fourth-order valence-corrected chi connectivity index (χ4v) is 4.59. The molecule has 1 aromatic carbocycles. The zero-order valence-corrected chi connectivity index (χ0v) is 12.8. The van der Waals surface area contributed by atoms with Crippen LogP contribution in [-0.2, 0) is 10.0 Å². The molecule has 0 bridgehead atoms. The normalized spacial score (nSPS) is 11.9. The third-order valence-corrected chi connectivity index (χ3v) is 6.36. The molecule has 0 amide bonds. The summed E-state index contributed by atoms with van der Waals surface area (Å²) in [6, 6.07) is 11.0. The van der Waals surface area contributed by atoms with Gasteiger partial charge in [0.1, 0.15) is 4.21 Å². The van der Waals surface area contributed by atoms with Crippen LogP contribution in [0.1, 0.15) is 5.69 Å². The number of hydrogen-bond acceptors (Lipinski definition) is 3. The minimum atomic E-state index is -3.50. The van der Waals surface area contributed by atoms with E-state index < -0.39 is 10.0 Å². The molecular formula is C14H14N2O2S2. The molecule has 2 aromatic heterocycles. The van der Waals surface area contributed by atoms with Gasteiger partial charge in [-0.2, -0.15) is 0 Å². The van der Waals surface area contributed by atoms with Crippen molar-refractivity contribution < 1.29 is 8.42 Å². The van der Waals surface area contributed by atoms with Crippen molar-refractivity contribution in [1.82, 2.24) is 4.98 Å². The highest BCUT2D eigenvalue weighted by atomic mass is 32.2. The number of nitrogens with one attached hydrogen (secondary N) is 1. The Morgan fingerprint density at radius 3 is 2.70 bits per heavy atom. The number of aromatic nitrogens is 1. The third-order valence-electron chi connectivity index (χ3n) is 3.22. The molecule has 1 N–H and O–H groups in total. The van der Waals surface area contributed by atoms with Crippen molar-refractivity contribution in [2.75, 3.05) is 11.4 Å². The van der Waals surface area contributed by atoms with Gasteiger partial charge in [0.05, 0.1) is 11.2 Å². The number of benzene rings is 1. The molecule has 0 radical (unpaired) electrons. The van der Waals surface area contributed by atoms with Crippen LogP contribution in [0.4, 0.5) is 5.69 Å². The fraction of sp³-hybridized carbons (Fsp3) is 0.143. The number of rotatable bonds is 3. The van der Waals surface area contributed by atoms with Crippen LogP contribution < -0.4 is 4.31 Å². The molecule has 0 saturated heterocycles. The van der Waals surface area contributed by atoms with Gasteiger partial charge in [0.2, 0.25) is 0 Å². The quantitative estimate of drug-likeness (QED) is 0.806.